The highest BCUT2D eigenvalue weighted by Gasteiger charge is 2.17. The fourth-order valence-corrected chi connectivity index (χ4v) is 3.74. The smallest absolute Gasteiger partial charge is 0.347 e. The fraction of sp³-hybridized carbons (Fsp3) is 0.0667. The number of thiazole rings is 1. The van der Waals surface area contributed by atoms with E-state index in [0.29, 0.717) is 10.6 Å². The molecule has 1 N–H and O–H groups in total. The maximum Gasteiger partial charge on any atom is 0.347 e. The van der Waals surface area contributed by atoms with Crippen LogP contribution < -0.4 is 0 Å². The number of nitrogens with zero attached hydrogens (tertiary/aromatic N) is 1. The van der Waals surface area contributed by atoms with Gasteiger partial charge in [0, 0.05) is 16.0 Å². The molecule has 0 amide bonds. The van der Waals surface area contributed by atoms with Gasteiger partial charge in [0.1, 0.15) is 9.88 Å². The van der Waals surface area contributed by atoms with E-state index in [1.54, 1.807) is 18.3 Å². The van der Waals surface area contributed by atoms with Crippen LogP contribution in [0.3, 0.4) is 0 Å². The van der Waals surface area contributed by atoms with Gasteiger partial charge in [-0.15, -0.1) is 22.7 Å². The Hall–Kier alpha value is -1.98. The molecule has 100 valence electrons. The van der Waals surface area contributed by atoms with Gasteiger partial charge < -0.3 is 5.11 Å². The van der Waals surface area contributed by atoms with E-state index < -0.39 is 5.97 Å². The first kappa shape index (κ1) is 13.0. The molecule has 0 aliphatic carbocycles. The summed E-state index contributed by atoms with van der Waals surface area (Å²) in [4.78, 5) is 17.0. The summed E-state index contributed by atoms with van der Waals surface area (Å²) in [6, 6.07) is 12.0. The predicted octanol–water partition coefficient (Wildman–Crippen LogP) is 4.55. The molecule has 0 unspecified atom stereocenters. The third-order valence-electron chi connectivity index (χ3n) is 2.93. The van der Waals surface area contributed by atoms with Gasteiger partial charge in [0.15, 0.2) is 0 Å². The zero-order valence-electron chi connectivity index (χ0n) is 10.7. The van der Waals surface area contributed by atoms with Crippen molar-refractivity contribution in [1.82, 2.24) is 4.98 Å². The maximum atomic E-state index is 11.2. The summed E-state index contributed by atoms with van der Waals surface area (Å²) >= 11 is 2.89. The molecule has 0 bridgehead atoms. The number of hydrogen-bond donors (Lipinski definition) is 1. The molecule has 0 aliphatic rings. The Morgan fingerprint density at radius 3 is 2.50 bits per heavy atom. The molecule has 0 radical (unpaired) electrons. The molecule has 0 aliphatic heterocycles. The summed E-state index contributed by atoms with van der Waals surface area (Å²) in [6.45, 7) is 1.73. The Labute approximate surface area is 124 Å². The number of carboxylic acids is 1. The quantitative estimate of drug-likeness (QED) is 0.772. The Bertz CT molecular complexity index is 760. The van der Waals surface area contributed by atoms with E-state index in [1.165, 1.54) is 11.3 Å². The van der Waals surface area contributed by atoms with Crippen LogP contribution in [0, 0.1) is 6.92 Å². The molecular formula is C15H11NO2S2. The lowest BCUT2D eigenvalue weighted by molar-refractivity contribution is 0.0701. The maximum absolute atomic E-state index is 11.2. The topological polar surface area (TPSA) is 50.2 Å². The number of thiophene rings is 1. The summed E-state index contributed by atoms with van der Waals surface area (Å²) < 4.78 is 0. The average molecular weight is 301 g/mol. The number of aromatic nitrogens is 1. The van der Waals surface area contributed by atoms with Crippen LogP contribution in [0.25, 0.3) is 21.0 Å². The van der Waals surface area contributed by atoms with Gasteiger partial charge in [-0.2, -0.15) is 0 Å². The number of hydrogen-bond acceptors (Lipinski definition) is 4. The van der Waals surface area contributed by atoms with Crippen LogP contribution in [0.2, 0.25) is 0 Å². The Morgan fingerprint density at radius 1 is 1.15 bits per heavy atom. The van der Waals surface area contributed by atoms with Crippen LogP contribution in [-0.4, -0.2) is 16.1 Å². The molecule has 0 fully saturated rings. The number of rotatable bonds is 3. The Balaban J connectivity index is 2.16. The first-order valence-electron chi connectivity index (χ1n) is 6.01. The highest BCUT2D eigenvalue weighted by atomic mass is 32.1. The third kappa shape index (κ3) is 2.26. The van der Waals surface area contributed by atoms with E-state index >= 15 is 0 Å². The van der Waals surface area contributed by atoms with Crippen molar-refractivity contribution >= 4 is 28.6 Å². The van der Waals surface area contributed by atoms with E-state index in [1.807, 2.05) is 35.7 Å². The first-order valence-corrected chi connectivity index (χ1v) is 7.70. The lowest BCUT2D eigenvalue weighted by Gasteiger charge is -2.04. The largest absolute Gasteiger partial charge is 0.477 e. The van der Waals surface area contributed by atoms with Crippen LogP contribution in [-0.2, 0) is 0 Å². The van der Waals surface area contributed by atoms with Crippen molar-refractivity contribution in [3.05, 3.63) is 52.3 Å². The van der Waals surface area contributed by atoms with Gasteiger partial charge in [-0.3, -0.25) is 0 Å². The van der Waals surface area contributed by atoms with Gasteiger partial charge in [0.05, 0.1) is 5.69 Å². The van der Waals surface area contributed by atoms with Crippen molar-refractivity contribution < 1.29 is 9.90 Å². The molecule has 0 spiro atoms. The number of benzene rings is 1. The molecule has 2 aromatic heterocycles. The summed E-state index contributed by atoms with van der Waals surface area (Å²) in [5.41, 5.74) is 2.64. The van der Waals surface area contributed by atoms with Crippen molar-refractivity contribution in [3.63, 3.8) is 0 Å². The molecule has 1 aromatic carbocycles. The van der Waals surface area contributed by atoms with Crippen molar-refractivity contribution in [2.45, 2.75) is 6.92 Å². The summed E-state index contributed by atoms with van der Waals surface area (Å²) in [7, 11) is 0. The Kier molecular flexibility index (Phi) is 3.38. The molecule has 0 saturated heterocycles. The SMILES string of the molecule is Cc1nc(-c2ccccc2-c2cccs2)sc1C(=O)O. The van der Waals surface area contributed by atoms with Crippen LogP contribution in [0.4, 0.5) is 0 Å². The van der Waals surface area contributed by atoms with Crippen LogP contribution in [0.15, 0.2) is 41.8 Å². The van der Waals surface area contributed by atoms with Crippen LogP contribution >= 0.6 is 22.7 Å². The van der Waals surface area contributed by atoms with Crippen LogP contribution in [0.1, 0.15) is 15.4 Å². The number of carbonyl (C=O) groups is 1. The lowest BCUT2D eigenvalue weighted by atomic mass is 10.1. The van der Waals surface area contributed by atoms with Crippen molar-refractivity contribution in [1.29, 1.82) is 0 Å². The highest BCUT2D eigenvalue weighted by molar-refractivity contribution is 7.17. The van der Waals surface area contributed by atoms with Crippen molar-refractivity contribution in [3.8, 4) is 21.0 Å². The van der Waals surface area contributed by atoms with Gasteiger partial charge >= 0.3 is 5.97 Å². The lowest BCUT2D eigenvalue weighted by Crippen LogP contribution is -1.94. The Morgan fingerprint density at radius 2 is 1.90 bits per heavy atom. The minimum absolute atomic E-state index is 0.306. The number of carboxylic acid groups (broad SMARTS) is 1. The molecule has 2 heterocycles. The fourth-order valence-electron chi connectivity index (χ4n) is 2.03. The normalized spacial score (nSPS) is 10.7. The second-order valence-corrected chi connectivity index (χ2v) is 6.21. The predicted molar refractivity (Wildman–Crippen MR) is 82.6 cm³/mol. The summed E-state index contributed by atoms with van der Waals surface area (Å²) in [5, 5.41) is 11.9. The monoisotopic (exact) mass is 301 g/mol. The zero-order valence-corrected chi connectivity index (χ0v) is 12.3. The molecule has 3 aromatic rings. The van der Waals surface area contributed by atoms with Gasteiger partial charge in [-0.1, -0.05) is 30.3 Å². The van der Waals surface area contributed by atoms with E-state index in [-0.39, 0.29) is 0 Å². The molecule has 20 heavy (non-hydrogen) atoms. The standard InChI is InChI=1S/C15H11NO2S2/c1-9-13(15(17)18)20-14(16-9)11-6-3-2-5-10(11)12-7-4-8-19-12/h2-8H,1H3,(H,17,18). The molecule has 3 rings (SSSR count). The highest BCUT2D eigenvalue weighted by Crippen LogP contribution is 2.37. The number of aryl methyl sites for hydroxylation is 1. The van der Waals surface area contributed by atoms with Crippen LogP contribution in [0.5, 0.6) is 0 Å². The van der Waals surface area contributed by atoms with E-state index in [9.17, 15) is 4.79 Å². The summed E-state index contributed by atoms with van der Waals surface area (Å²) in [6.07, 6.45) is 0. The first-order chi connectivity index (χ1) is 9.66. The van der Waals surface area contributed by atoms with Crippen molar-refractivity contribution in [2.24, 2.45) is 0 Å². The van der Waals surface area contributed by atoms with E-state index in [2.05, 4.69) is 11.1 Å². The minimum Gasteiger partial charge on any atom is -0.477 e. The van der Waals surface area contributed by atoms with Gasteiger partial charge in [0.2, 0.25) is 0 Å². The minimum atomic E-state index is -0.917. The molecule has 0 saturated carbocycles. The second-order valence-electron chi connectivity index (χ2n) is 4.26. The average Bonchev–Trinajstić information content (AvgIpc) is 3.07. The molecular weight excluding hydrogens is 290 g/mol. The van der Waals surface area contributed by atoms with E-state index in [0.717, 1.165) is 21.0 Å². The second kappa shape index (κ2) is 5.19. The zero-order chi connectivity index (χ0) is 14.1. The third-order valence-corrected chi connectivity index (χ3v) is 5.02. The van der Waals surface area contributed by atoms with Gasteiger partial charge in [0.25, 0.3) is 0 Å². The molecule has 5 heteroatoms. The van der Waals surface area contributed by atoms with Crippen molar-refractivity contribution in [2.75, 3.05) is 0 Å². The molecule has 0 atom stereocenters. The molecule has 3 nitrogen and oxygen atoms in total. The van der Waals surface area contributed by atoms with Gasteiger partial charge in [-0.05, 0) is 18.4 Å². The number of aromatic carboxylic acids is 1. The van der Waals surface area contributed by atoms with Gasteiger partial charge in [-0.25, -0.2) is 9.78 Å². The van der Waals surface area contributed by atoms with E-state index in [4.69, 9.17) is 5.11 Å². The summed E-state index contributed by atoms with van der Waals surface area (Å²) in [5.74, 6) is -0.917.